The molecule has 0 unspecified atom stereocenters. The fourth-order valence-corrected chi connectivity index (χ4v) is 6.65. The Kier molecular flexibility index (Phi) is 6.87. The van der Waals surface area contributed by atoms with Crippen LogP contribution in [-0.2, 0) is 10.0 Å². The van der Waals surface area contributed by atoms with Crippen molar-refractivity contribution >= 4 is 27.3 Å². The molecule has 0 saturated carbocycles. The highest BCUT2D eigenvalue weighted by Crippen LogP contribution is 2.28. The Labute approximate surface area is 182 Å². The fourth-order valence-electron chi connectivity index (χ4n) is 4.27. The van der Waals surface area contributed by atoms with E-state index >= 15 is 0 Å². The summed E-state index contributed by atoms with van der Waals surface area (Å²) in [5, 5.41) is 5.12. The smallest absolute Gasteiger partial charge is 0.251 e. The van der Waals surface area contributed by atoms with Gasteiger partial charge in [-0.1, -0.05) is 12.5 Å². The first kappa shape index (κ1) is 21.5. The summed E-state index contributed by atoms with van der Waals surface area (Å²) in [7, 11) is -3.47. The van der Waals surface area contributed by atoms with Crippen molar-refractivity contribution in [1.29, 1.82) is 0 Å². The highest BCUT2D eigenvalue weighted by Gasteiger charge is 2.27. The highest BCUT2D eigenvalue weighted by molar-refractivity contribution is 7.89. The van der Waals surface area contributed by atoms with Gasteiger partial charge in [-0.25, -0.2) is 8.42 Å². The number of rotatable bonds is 7. The van der Waals surface area contributed by atoms with E-state index in [2.05, 4.69) is 21.7 Å². The zero-order valence-corrected chi connectivity index (χ0v) is 18.8. The summed E-state index contributed by atoms with van der Waals surface area (Å²) in [6.07, 6.45) is 5.28. The van der Waals surface area contributed by atoms with Gasteiger partial charge in [-0.15, -0.1) is 11.3 Å². The molecule has 1 aromatic heterocycles. The predicted molar refractivity (Wildman–Crippen MR) is 119 cm³/mol. The van der Waals surface area contributed by atoms with Crippen LogP contribution < -0.4 is 5.32 Å². The maximum Gasteiger partial charge on any atom is 0.251 e. The first-order valence-electron chi connectivity index (χ1n) is 10.7. The van der Waals surface area contributed by atoms with Crippen LogP contribution in [-0.4, -0.2) is 56.3 Å². The van der Waals surface area contributed by atoms with Crippen LogP contribution >= 0.6 is 11.3 Å². The van der Waals surface area contributed by atoms with Crippen molar-refractivity contribution in [3.05, 3.63) is 52.2 Å². The first-order chi connectivity index (χ1) is 14.6. The molecular formula is C22H29N3O3S2. The fraction of sp³-hybridized carbons (Fsp3) is 0.500. The van der Waals surface area contributed by atoms with E-state index in [4.69, 9.17) is 0 Å². The van der Waals surface area contributed by atoms with E-state index in [1.165, 1.54) is 17.7 Å². The molecule has 1 amide bonds. The number of sulfonamides is 1. The maximum absolute atomic E-state index is 12.8. The molecule has 3 heterocycles. The number of piperidine rings is 1. The lowest BCUT2D eigenvalue weighted by molar-refractivity contribution is 0.0938. The molecule has 1 atom stereocenters. The molecular weight excluding hydrogens is 418 g/mol. The average molecular weight is 448 g/mol. The van der Waals surface area contributed by atoms with E-state index in [9.17, 15) is 13.2 Å². The van der Waals surface area contributed by atoms with Gasteiger partial charge < -0.3 is 5.32 Å². The Hall–Kier alpha value is -1.74. The molecule has 1 aromatic carbocycles. The highest BCUT2D eigenvalue weighted by atomic mass is 32.2. The van der Waals surface area contributed by atoms with Gasteiger partial charge in [0.05, 0.1) is 10.9 Å². The van der Waals surface area contributed by atoms with Crippen molar-refractivity contribution in [3.63, 3.8) is 0 Å². The lowest BCUT2D eigenvalue weighted by Crippen LogP contribution is -2.36. The van der Waals surface area contributed by atoms with Crippen LogP contribution in [0, 0.1) is 0 Å². The number of hydrogen-bond acceptors (Lipinski definition) is 5. The molecule has 0 radical (unpaired) electrons. The molecule has 0 bridgehead atoms. The van der Waals surface area contributed by atoms with Crippen molar-refractivity contribution in [2.45, 2.75) is 43.0 Å². The number of carbonyl (C=O) groups excluding carboxylic acids is 1. The van der Waals surface area contributed by atoms with E-state index in [1.807, 2.05) is 6.07 Å². The quantitative estimate of drug-likeness (QED) is 0.705. The number of nitrogens with zero attached hydrogens (tertiary/aromatic N) is 2. The Morgan fingerprint density at radius 3 is 2.27 bits per heavy atom. The average Bonchev–Trinajstić information content (AvgIpc) is 3.50. The van der Waals surface area contributed by atoms with E-state index in [0.29, 0.717) is 25.2 Å². The SMILES string of the molecule is O=C(NC[C@H](c1cccs1)N1CCCC1)c1ccc(S(=O)(=O)N2CCCCC2)cc1. The van der Waals surface area contributed by atoms with Gasteiger partial charge in [0.2, 0.25) is 10.0 Å². The maximum atomic E-state index is 12.8. The first-order valence-corrected chi connectivity index (χ1v) is 13.0. The monoisotopic (exact) mass is 447 g/mol. The van der Waals surface area contributed by atoms with Crippen LogP contribution in [0.25, 0.3) is 0 Å². The Morgan fingerprint density at radius 1 is 0.967 bits per heavy atom. The Morgan fingerprint density at radius 2 is 1.63 bits per heavy atom. The van der Waals surface area contributed by atoms with Gasteiger partial charge in [-0.2, -0.15) is 4.31 Å². The molecule has 30 heavy (non-hydrogen) atoms. The number of amides is 1. The van der Waals surface area contributed by atoms with Crippen LogP contribution in [0.4, 0.5) is 0 Å². The summed E-state index contributed by atoms with van der Waals surface area (Å²) in [6.45, 7) is 3.81. The summed E-state index contributed by atoms with van der Waals surface area (Å²) >= 11 is 1.72. The van der Waals surface area contributed by atoms with E-state index < -0.39 is 10.0 Å². The molecule has 2 aliphatic rings. The molecule has 2 aliphatic heterocycles. The Balaban J connectivity index is 1.41. The van der Waals surface area contributed by atoms with Crippen molar-refractivity contribution < 1.29 is 13.2 Å². The molecule has 8 heteroatoms. The van der Waals surface area contributed by atoms with Crippen LogP contribution in [0.5, 0.6) is 0 Å². The molecule has 2 aromatic rings. The summed E-state index contributed by atoms with van der Waals surface area (Å²) in [5.74, 6) is -0.169. The van der Waals surface area contributed by atoms with Gasteiger partial charge in [0.15, 0.2) is 0 Å². The molecule has 2 fully saturated rings. The molecule has 6 nitrogen and oxygen atoms in total. The largest absolute Gasteiger partial charge is 0.350 e. The van der Waals surface area contributed by atoms with Crippen LogP contribution in [0.3, 0.4) is 0 Å². The third kappa shape index (κ3) is 4.77. The lowest BCUT2D eigenvalue weighted by Gasteiger charge is -2.27. The molecule has 162 valence electrons. The molecule has 4 rings (SSSR count). The molecule has 2 saturated heterocycles. The summed E-state index contributed by atoms with van der Waals surface area (Å²) in [5.41, 5.74) is 0.485. The van der Waals surface area contributed by atoms with Crippen LogP contribution in [0.15, 0.2) is 46.7 Å². The summed E-state index contributed by atoms with van der Waals surface area (Å²) < 4.78 is 27.1. The zero-order chi connectivity index (χ0) is 21.0. The van der Waals surface area contributed by atoms with Crippen molar-refractivity contribution in [2.75, 3.05) is 32.7 Å². The number of benzene rings is 1. The number of likely N-dealkylation sites (tertiary alicyclic amines) is 1. The third-order valence-corrected chi connectivity index (χ3v) is 8.86. The van der Waals surface area contributed by atoms with E-state index in [0.717, 1.165) is 32.4 Å². The second kappa shape index (κ2) is 9.60. The van der Waals surface area contributed by atoms with Crippen LogP contribution in [0.2, 0.25) is 0 Å². The minimum Gasteiger partial charge on any atom is -0.350 e. The van der Waals surface area contributed by atoms with E-state index in [1.54, 1.807) is 39.9 Å². The normalized spacial score (nSPS) is 19.6. The summed E-state index contributed by atoms with van der Waals surface area (Å²) in [4.78, 5) is 16.7. The van der Waals surface area contributed by atoms with Gasteiger partial charge >= 0.3 is 0 Å². The van der Waals surface area contributed by atoms with Gasteiger partial charge in [-0.3, -0.25) is 9.69 Å². The second-order valence-electron chi connectivity index (χ2n) is 7.97. The lowest BCUT2D eigenvalue weighted by atomic mass is 10.2. The minimum absolute atomic E-state index is 0.169. The second-order valence-corrected chi connectivity index (χ2v) is 10.9. The van der Waals surface area contributed by atoms with E-state index in [-0.39, 0.29) is 16.8 Å². The van der Waals surface area contributed by atoms with Crippen molar-refractivity contribution in [2.24, 2.45) is 0 Å². The van der Waals surface area contributed by atoms with Gasteiger partial charge in [0, 0.05) is 30.1 Å². The third-order valence-electron chi connectivity index (χ3n) is 5.98. The summed E-state index contributed by atoms with van der Waals surface area (Å²) in [6, 6.07) is 10.7. The number of nitrogens with one attached hydrogen (secondary N) is 1. The van der Waals surface area contributed by atoms with Crippen molar-refractivity contribution in [1.82, 2.24) is 14.5 Å². The van der Waals surface area contributed by atoms with Gasteiger partial charge in [-0.05, 0) is 74.5 Å². The molecule has 1 N–H and O–H groups in total. The van der Waals surface area contributed by atoms with Crippen molar-refractivity contribution in [3.8, 4) is 0 Å². The number of hydrogen-bond donors (Lipinski definition) is 1. The zero-order valence-electron chi connectivity index (χ0n) is 17.1. The number of thiophene rings is 1. The molecule has 0 spiro atoms. The van der Waals surface area contributed by atoms with Gasteiger partial charge in [0.1, 0.15) is 0 Å². The predicted octanol–water partition coefficient (Wildman–Crippen LogP) is 3.49. The van der Waals surface area contributed by atoms with Crippen LogP contribution in [0.1, 0.15) is 53.4 Å². The van der Waals surface area contributed by atoms with Gasteiger partial charge in [0.25, 0.3) is 5.91 Å². The molecule has 0 aliphatic carbocycles. The minimum atomic E-state index is -3.47. The standard InChI is InChI=1S/C22H29N3O3S2/c26-22(23-17-20(21-7-6-16-29-21)24-12-4-5-13-24)18-8-10-19(11-9-18)30(27,28)25-14-2-1-3-15-25/h6-11,16,20H,1-5,12-15,17H2,(H,23,26)/t20-/m1/s1. The Bertz CT molecular complexity index is 931. The topological polar surface area (TPSA) is 69.7 Å². The number of carbonyl (C=O) groups is 1.